The van der Waals surface area contributed by atoms with Crippen LogP contribution in [0.2, 0.25) is 0 Å². The quantitative estimate of drug-likeness (QED) is 0.645. The second-order valence-corrected chi connectivity index (χ2v) is 4.42. The van der Waals surface area contributed by atoms with E-state index >= 15 is 0 Å². The maximum absolute atomic E-state index is 5.77. The average Bonchev–Trinajstić information content (AvgIpc) is 2.29. The Balaban J connectivity index is 2.78. The Morgan fingerprint density at radius 3 is 2.44 bits per heavy atom. The third-order valence-electron chi connectivity index (χ3n) is 2.72. The number of rotatable bonds is 6. The van der Waals surface area contributed by atoms with Gasteiger partial charge in [0.05, 0.1) is 6.61 Å². The summed E-state index contributed by atoms with van der Waals surface area (Å²) in [5, 5.41) is 0. The zero-order valence-corrected chi connectivity index (χ0v) is 11.0. The Bertz CT molecular complexity index is 315. The number of hydrogen-bond acceptors (Lipinski definition) is 1. The molecule has 0 aliphatic carbocycles. The summed E-state index contributed by atoms with van der Waals surface area (Å²) < 4.78 is 5.77. The molecule has 0 N–H and O–H groups in total. The minimum Gasteiger partial charge on any atom is -0.494 e. The van der Waals surface area contributed by atoms with Gasteiger partial charge in [-0.2, -0.15) is 0 Å². The van der Waals surface area contributed by atoms with Gasteiger partial charge in [-0.1, -0.05) is 40.2 Å². The summed E-state index contributed by atoms with van der Waals surface area (Å²) in [7, 11) is 0. The van der Waals surface area contributed by atoms with Crippen molar-refractivity contribution in [2.75, 3.05) is 6.61 Å². The molecule has 0 saturated heterocycles. The monoisotopic (exact) mass is 219 g/mol. The van der Waals surface area contributed by atoms with Crippen molar-refractivity contribution < 1.29 is 4.74 Å². The molecule has 0 aromatic heterocycles. The van der Waals surface area contributed by atoms with Crippen molar-refractivity contribution in [3.8, 4) is 5.75 Å². The molecule has 89 valence electrons. The Kier molecular flexibility index (Phi) is 5.37. The molecule has 1 nitrogen and oxygen atoms in total. The van der Waals surface area contributed by atoms with Gasteiger partial charge < -0.3 is 4.74 Å². The molecule has 0 bridgehead atoms. The van der Waals surface area contributed by atoms with Gasteiger partial charge in [-0.3, -0.25) is 0 Å². The minimum atomic E-state index is 0.825. The zero-order valence-electron chi connectivity index (χ0n) is 11.0. The molecule has 1 aromatic rings. The zero-order chi connectivity index (χ0) is 12.0. The van der Waals surface area contributed by atoms with Crippen LogP contribution in [0.25, 0.3) is 0 Å². The van der Waals surface area contributed by atoms with Crippen LogP contribution in [-0.4, -0.2) is 6.61 Å². The molecule has 0 heterocycles. The molecule has 0 spiro atoms. The number of hydrogen-bond donors (Lipinski definition) is 0. The van der Waals surface area contributed by atoms with Crippen molar-refractivity contribution in [3.63, 3.8) is 0 Å². The Morgan fingerprint density at radius 2 is 1.88 bits per heavy atom. The summed E-state index contributed by atoms with van der Waals surface area (Å²) in [4.78, 5) is 0. The number of benzene rings is 1. The van der Waals surface area contributed by atoms with Gasteiger partial charge in [0.2, 0.25) is 0 Å². The SMILES string of the molecule is CCCCOc1cc(CC)cc([C](C)C)c1. The van der Waals surface area contributed by atoms with Crippen molar-refractivity contribution in [1.29, 1.82) is 0 Å². The first kappa shape index (κ1) is 13.1. The van der Waals surface area contributed by atoms with Gasteiger partial charge in [0, 0.05) is 0 Å². The van der Waals surface area contributed by atoms with Crippen LogP contribution in [0.1, 0.15) is 51.7 Å². The maximum Gasteiger partial charge on any atom is 0.119 e. The highest BCUT2D eigenvalue weighted by atomic mass is 16.5. The fourth-order valence-corrected chi connectivity index (χ4v) is 1.57. The van der Waals surface area contributed by atoms with Gasteiger partial charge in [0.25, 0.3) is 0 Å². The van der Waals surface area contributed by atoms with E-state index in [4.69, 9.17) is 4.74 Å². The highest BCUT2D eigenvalue weighted by Gasteiger charge is 2.04. The Labute approximate surface area is 99.8 Å². The van der Waals surface area contributed by atoms with Crippen molar-refractivity contribution >= 4 is 0 Å². The molecule has 1 heteroatoms. The number of aryl methyl sites for hydroxylation is 1. The fourth-order valence-electron chi connectivity index (χ4n) is 1.57. The maximum atomic E-state index is 5.77. The van der Waals surface area contributed by atoms with E-state index in [1.54, 1.807) is 0 Å². The molecule has 0 fully saturated rings. The van der Waals surface area contributed by atoms with E-state index in [1.807, 2.05) is 0 Å². The second-order valence-electron chi connectivity index (χ2n) is 4.42. The van der Waals surface area contributed by atoms with Crippen molar-refractivity contribution in [2.24, 2.45) is 0 Å². The Morgan fingerprint density at radius 1 is 1.12 bits per heavy atom. The number of unbranched alkanes of at least 4 members (excludes halogenated alkanes) is 1. The summed E-state index contributed by atoms with van der Waals surface area (Å²) in [5.74, 6) is 2.36. The van der Waals surface area contributed by atoms with Gasteiger partial charge in [0.15, 0.2) is 0 Å². The standard InChI is InChI=1S/C15H23O/c1-5-7-8-16-15-10-13(6-2)9-14(11-15)12(3)4/h9-11H,5-8H2,1-4H3. The fraction of sp³-hybridized carbons (Fsp3) is 0.533. The molecule has 1 rings (SSSR count). The van der Waals surface area contributed by atoms with Crippen LogP contribution < -0.4 is 4.74 Å². The van der Waals surface area contributed by atoms with Crippen LogP contribution in [-0.2, 0) is 6.42 Å². The lowest BCUT2D eigenvalue weighted by molar-refractivity contribution is 0.309. The molecule has 0 unspecified atom stereocenters. The first-order valence-corrected chi connectivity index (χ1v) is 6.24. The van der Waals surface area contributed by atoms with Crippen molar-refractivity contribution in [3.05, 3.63) is 35.2 Å². The van der Waals surface area contributed by atoms with Crippen molar-refractivity contribution in [1.82, 2.24) is 0 Å². The molecule has 0 aliphatic rings. The second kappa shape index (κ2) is 6.57. The molecule has 1 aromatic carbocycles. The molecule has 1 radical (unpaired) electrons. The molecular formula is C15H23O. The number of ether oxygens (including phenoxy) is 1. The normalized spacial score (nSPS) is 10.8. The van der Waals surface area contributed by atoms with Gasteiger partial charge in [0.1, 0.15) is 5.75 Å². The van der Waals surface area contributed by atoms with Crippen LogP contribution in [0.4, 0.5) is 0 Å². The van der Waals surface area contributed by atoms with Crippen LogP contribution in [0.15, 0.2) is 18.2 Å². The smallest absolute Gasteiger partial charge is 0.119 e. The molecule has 0 saturated carbocycles. The van der Waals surface area contributed by atoms with E-state index in [1.165, 1.54) is 23.5 Å². The Hall–Kier alpha value is -0.980. The summed E-state index contributed by atoms with van der Waals surface area (Å²) in [5.41, 5.74) is 2.65. The van der Waals surface area contributed by atoms with E-state index in [0.717, 1.165) is 25.2 Å². The van der Waals surface area contributed by atoms with Crippen LogP contribution in [0.3, 0.4) is 0 Å². The van der Waals surface area contributed by atoms with Gasteiger partial charge in [-0.05, 0) is 42.0 Å². The molecular weight excluding hydrogens is 196 g/mol. The summed E-state index contributed by atoms with van der Waals surface area (Å²) in [6, 6.07) is 6.55. The lowest BCUT2D eigenvalue weighted by atomic mass is 9.99. The molecule has 0 atom stereocenters. The highest BCUT2D eigenvalue weighted by molar-refractivity contribution is 5.40. The van der Waals surface area contributed by atoms with Gasteiger partial charge in [-0.25, -0.2) is 0 Å². The van der Waals surface area contributed by atoms with E-state index in [0.29, 0.717) is 0 Å². The molecule has 16 heavy (non-hydrogen) atoms. The predicted octanol–water partition coefficient (Wildman–Crippen LogP) is 4.39. The molecule has 0 aliphatic heterocycles. The third kappa shape index (κ3) is 3.88. The van der Waals surface area contributed by atoms with E-state index in [9.17, 15) is 0 Å². The van der Waals surface area contributed by atoms with Crippen LogP contribution >= 0.6 is 0 Å². The lowest BCUT2D eigenvalue weighted by Crippen LogP contribution is -1.99. The van der Waals surface area contributed by atoms with Crippen molar-refractivity contribution in [2.45, 2.75) is 47.0 Å². The topological polar surface area (TPSA) is 9.23 Å². The van der Waals surface area contributed by atoms with E-state index < -0.39 is 0 Å². The van der Waals surface area contributed by atoms with Crippen LogP contribution in [0.5, 0.6) is 5.75 Å². The molecule has 0 amide bonds. The lowest BCUT2D eigenvalue weighted by Gasteiger charge is -2.12. The first-order valence-electron chi connectivity index (χ1n) is 6.24. The summed E-state index contributed by atoms with van der Waals surface area (Å²) >= 11 is 0. The largest absolute Gasteiger partial charge is 0.494 e. The van der Waals surface area contributed by atoms with Gasteiger partial charge in [-0.15, -0.1) is 0 Å². The summed E-state index contributed by atoms with van der Waals surface area (Å²) in [6.45, 7) is 9.47. The average molecular weight is 219 g/mol. The van der Waals surface area contributed by atoms with E-state index in [2.05, 4.69) is 45.9 Å². The minimum absolute atomic E-state index is 0.825. The summed E-state index contributed by atoms with van der Waals surface area (Å²) in [6.07, 6.45) is 3.37. The first-order chi connectivity index (χ1) is 7.67. The van der Waals surface area contributed by atoms with Crippen LogP contribution in [0, 0.1) is 5.92 Å². The van der Waals surface area contributed by atoms with E-state index in [-0.39, 0.29) is 0 Å². The third-order valence-corrected chi connectivity index (χ3v) is 2.72. The predicted molar refractivity (Wildman–Crippen MR) is 69.9 cm³/mol. The highest BCUT2D eigenvalue weighted by Crippen LogP contribution is 2.23. The van der Waals surface area contributed by atoms with Gasteiger partial charge >= 0.3 is 0 Å².